The Hall–Kier alpha value is -0.650. The van der Waals surface area contributed by atoms with Gasteiger partial charge in [0.1, 0.15) is 5.54 Å². The predicted molar refractivity (Wildman–Crippen MR) is 59.3 cm³/mol. The van der Waals surface area contributed by atoms with Crippen molar-refractivity contribution in [3.05, 3.63) is 0 Å². The Balaban J connectivity index is 2.55. The third-order valence-electron chi connectivity index (χ3n) is 2.68. The molecule has 0 aromatic carbocycles. The molecule has 1 aliphatic heterocycles. The van der Waals surface area contributed by atoms with Crippen molar-refractivity contribution in [1.29, 1.82) is 0 Å². The maximum absolute atomic E-state index is 11.9. The number of carbonyl (C=O) groups excluding carboxylic acids is 1. The topological polar surface area (TPSA) is 56.8 Å². The molecule has 0 aliphatic carbocycles. The molecule has 1 N–H and O–H groups in total. The largest absolute Gasteiger partial charge is 0.465 e. The van der Waals surface area contributed by atoms with Crippen LogP contribution in [0.4, 0.5) is 0 Å². The van der Waals surface area contributed by atoms with E-state index >= 15 is 0 Å². The molecule has 1 atom stereocenters. The molecule has 0 spiro atoms. The van der Waals surface area contributed by atoms with Gasteiger partial charge in [0.2, 0.25) is 0 Å². The first-order valence-corrected chi connectivity index (χ1v) is 5.74. The summed E-state index contributed by atoms with van der Waals surface area (Å²) in [5.41, 5.74) is -0.674. The van der Waals surface area contributed by atoms with E-state index in [9.17, 15) is 4.79 Å². The average Bonchev–Trinajstić information content (AvgIpc) is 2.31. The Morgan fingerprint density at radius 3 is 2.94 bits per heavy atom. The van der Waals surface area contributed by atoms with Crippen LogP contribution < -0.4 is 5.32 Å². The molecule has 0 aromatic rings. The molecule has 0 bridgehead atoms. The number of hydrogen-bond donors (Lipinski definition) is 1. The number of nitrogens with one attached hydrogen (secondary N) is 1. The zero-order chi connectivity index (χ0) is 11.9. The zero-order valence-electron chi connectivity index (χ0n) is 10.1. The van der Waals surface area contributed by atoms with Gasteiger partial charge < -0.3 is 14.2 Å². The maximum Gasteiger partial charge on any atom is 0.328 e. The van der Waals surface area contributed by atoms with Crippen LogP contribution in [0.5, 0.6) is 0 Å². The Morgan fingerprint density at radius 1 is 1.56 bits per heavy atom. The Kier molecular flexibility index (Phi) is 5.73. The fraction of sp³-hybridized carbons (Fsp3) is 0.909. The molecule has 1 saturated heterocycles. The molecule has 1 fully saturated rings. The van der Waals surface area contributed by atoms with Crippen molar-refractivity contribution in [3.63, 3.8) is 0 Å². The van der Waals surface area contributed by atoms with Crippen molar-refractivity contribution in [2.75, 3.05) is 40.1 Å². The van der Waals surface area contributed by atoms with Crippen LogP contribution in [0.1, 0.15) is 19.8 Å². The molecule has 16 heavy (non-hydrogen) atoms. The van der Waals surface area contributed by atoms with Gasteiger partial charge in [0.15, 0.2) is 0 Å². The van der Waals surface area contributed by atoms with E-state index in [0.717, 1.165) is 12.8 Å². The smallest absolute Gasteiger partial charge is 0.328 e. The average molecular weight is 231 g/mol. The molecular weight excluding hydrogens is 210 g/mol. The van der Waals surface area contributed by atoms with Crippen LogP contribution >= 0.6 is 0 Å². The lowest BCUT2D eigenvalue weighted by Gasteiger charge is -2.35. The van der Waals surface area contributed by atoms with Crippen molar-refractivity contribution < 1.29 is 19.0 Å². The van der Waals surface area contributed by atoms with Gasteiger partial charge in [-0.15, -0.1) is 0 Å². The Labute approximate surface area is 96.4 Å². The van der Waals surface area contributed by atoms with E-state index < -0.39 is 5.54 Å². The monoisotopic (exact) mass is 231 g/mol. The van der Waals surface area contributed by atoms with Gasteiger partial charge in [-0.1, -0.05) is 0 Å². The summed E-state index contributed by atoms with van der Waals surface area (Å²) < 4.78 is 15.4. The van der Waals surface area contributed by atoms with Gasteiger partial charge in [-0.2, -0.15) is 0 Å². The van der Waals surface area contributed by atoms with Crippen molar-refractivity contribution >= 4 is 5.97 Å². The van der Waals surface area contributed by atoms with E-state index in [1.807, 2.05) is 6.92 Å². The van der Waals surface area contributed by atoms with Crippen molar-refractivity contribution in [1.82, 2.24) is 5.32 Å². The fourth-order valence-corrected chi connectivity index (χ4v) is 1.83. The third-order valence-corrected chi connectivity index (χ3v) is 2.68. The van der Waals surface area contributed by atoms with Crippen LogP contribution in [0, 0.1) is 0 Å². The lowest BCUT2D eigenvalue weighted by atomic mass is 9.92. The highest BCUT2D eigenvalue weighted by Crippen LogP contribution is 2.20. The molecule has 5 nitrogen and oxygen atoms in total. The van der Waals surface area contributed by atoms with Crippen LogP contribution in [-0.4, -0.2) is 51.6 Å². The summed E-state index contributed by atoms with van der Waals surface area (Å²) in [5, 5.41) is 3.20. The highest BCUT2D eigenvalue weighted by molar-refractivity contribution is 5.81. The number of methoxy groups -OCH3 is 1. The van der Waals surface area contributed by atoms with Gasteiger partial charge in [0.25, 0.3) is 0 Å². The molecule has 0 radical (unpaired) electrons. The highest BCUT2D eigenvalue weighted by atomic mass is 16.5. The number of carbonyl (C=O) groups is 1. The van der Waals surface area contributed by atoms with Gasteiger partial charge >= 0.3 is 5.97 Å². The number of hydrogen-bond acceptors (Lipinski definition) is 5. The molecule has 94 valence electrons. The molecule has 0 saturated carbocycles. The number of esters is 1. The van der Waals surface area contributed by atoms with E-state index in [1.54, 1.807) is 7.11 Å². The maximum atomic E-state index is 11.9. The quantitative estimate of drug-likeness (QED) is 0.527. The van der Waals surface area contributed by atoms with E-state index in [2.05, 4.69) is 5.32 Å². The minimum Gasteiger partial charge on any atom is -0.465 e. The van der Waals surface area contributed by atoms with Gasteiger partial charge in [0, 0.05) is 20.3 Å². The number of ether oxygens (including phenoxy) is 3. The second kappa shape index (κ2) is 6.83. The third kappa shape index (κ3) is 3.43. The summed E-state index contributed by atoms with van der Waals surface area (Å²) in [6.07, 6.45) is 1.63. The lowest BCUT2D eigenvalue weighted by Crippen LogP contribution is -2.58. The second-order valence-electron chi connectivity index (χ2n) is 3.88. The van der Waals surface area contributed by atoms with Crippen molar-refractivity contribution in [2.24, 2.45) is 0 Å². The predicted octanol–water partition coefficient (Wildman–Crippen LogP) is 0.335. The van der Waals surface area contributed by atoms with Crippen molar-refractivity contribution in [3.8, 4) is 0 Å². The van der Waals surface area contributed by atoms with Crippen LogP contribution in [0.15, 0.2) is 0 Å². The molecule has 5 heteroatoms. The SMILES string of the molecule is CCOC(=O)C1(NCCOC)CCCOC1. The van der Waals surface area contributed by atoms with Crippen LogP contribution in [-0.2, 0) is 19.0 Å². The minimum atomic E-state index is -0.674. The normalized spacial score (nSPS) is 25.4. The number of rotatable bonds is 6. The van der Waals surface area contributed by atoms with Crippen LogP contribution in [0.3, 0.4) is 0 Å². The highest BCUT2D eigenvalue weighted by Gasteiger charge is 2.41. The summed E-state index contributed by atoms with van der Waals surface area (Å²) in [6, 6.07) is 0. The Bertz CT molecular complexity index is 214. The van der Waals surface area contributed by atoms with E-state index in [1.165, 1.54) is 0 Å². The first-order valence-electron chi connectivity index (χ1n) is 5.74. The second-order valence-corrected chi connectivity index (χ2v) is 3.88. The first kappa shape index (κ1) is 13.4. The summed E-state index contributed by atoms with van der Waals surface area (Å²) in [4.78, 5) is 11.9. The van der Waals surface area contributed by atoms with Crippen LogP contribution in [0.25, 0.3) is 0 Å². The molecule has 1 heterocycles. The standard InChI is InChI=1S/C11H21NO4/c1-3-16-10(13)11(12-6-8-14-2)5-4-7-15-9-11/h12H,3-9H2,1-2H3. The summed E-state index contributed by atoms with van der Waals surface area (Å²) >= 11 is 0. The van der Waals surface area contributed by atoms with E-state index in [0.29, 0.717) is 33.0 Å². The fourth-order valence-electron chi connectivity index (χ4n) is 1.83. The van der Waals surface area contributed by atoms with E-state index in [4.69, 9.17) is 14.2 Å². The van der Waals surface area contributed by atoms with Gasteiger partial charge in [0.05, 0.1) is 19.8 Å². The minimum absolute atomic E-state index is 0.217. The Morgan fingerprint density at radius 2 is 2.38 bits per heavy atom. The summed E-state index contributed by atoms with van der Waals surface area (Å²) in [6.45, 7) is 4.50. The molecule has 1 aliphatic rings. The van der Waals surface area contributed by atoms with Gasteiger partial charge in [-0.05, 0) is 19.8 Å². The molecule has 1 unspecified atom stereocenters. The molecule has 0 aromatic heterocycles. The van der Waals surface area contributed by atoms with E-state index in [-0.39, 0.29) is 5.97 Å². The summed E-state index contributed by atoms with van der Waals surface area (Å²) in [7, 11) is 1.64. The molecule has 1 rings (SSSR count). The zero-order valence-corrected chi connectivity index (χ0v) is 10.1. The first-order chi connectivity index (χ1) is 7.75. The lowest BCUT2D eigenvalue weighted by molar-refractivity contribution is -0.157. The summed E-state index contributed by atoms with van der Waals surface area (Å²) in [5.74, 6) is -0.217. The molecule has 0 amide bonds. The van der Waals surface area contributed by atoms with Crippen molar-refractivity contribution in [2.45, 2.75) is 25.3 Å². The van der Waals surface area contributed by atoms with Gasteiger partial charge in [-0.25, -0.2) is 4.79 Å². The van der Waals surface area contributed by atoms with Gasteiger partial charge in [-0.3, -0.25) is 5.32 Å². The van der Waals surface area contributed by atoms with Crippen LogP contribution in [0.2, 0.25) is 0 Å². The molecular formula is C11H21NO4.